The first-order chi connectivity index (χ1) is 10.9. The second-order valence-corrected chi connectivity index (χ2v) is 5.08. The van der Waals surface area contributed by atoms with Crippen LogP contribution < -0.4 is 0 Å². The van der Waals surface area contributed by atoms with Crippen LogP contribution in [0.4, 0.5) is 0 Å². The molecule has 0 atom stereocenters. The molecule has 0 unspecified atom stereocenters. The molecule has 126 valence electrons. The fourth-order valence-corrected chi connectivity index (χ4v) is 1.88. The first-order valence-electron chi connectivity index (χ1n) is 8.28. The molecule has 1 aromatic carbocycles. The molecule has 0 heterocycles. The summed E-state index contributed by atoms with van der Waals surface area (Å²) >= 11 is 0. The van der Waals surface area contributed by atoms with Gasteiger partial charge in [-0.25, -0.2) is 0 Å². The Morgan fingerprint density at radius 2 is 1.18 bits per heavy atom. The highest BCUT2D eigenvalue weighted by atomic mass is 16.6. The third-order valence-electron chi connectivity index (χ3n) is 3.12. The van der Waals surface area contributed by atoms with Gasteiger partial charge in [0.15, 0.2) is 0 Å². The van der Waals surface area contributed by atoms with E-state index in [2.05, 4.69) is 19.1 Å². The van der Waals surface area contributed by atoms with Gasteiger partial charge in [-0.2, -0.15) is 0 Å². The average molecular weight is 310 g/mol. The molecule has 0 saturated heterocycles. The molecule has 0 saturated carbocycles. The Labute approximate surface area is 134 Å². The lowest BCUT2D eigenvalue weighted by Gasteiger charge is -2.07. The number of hydrogen-bond donors (Lipinski definition) is 0. The molecule has 1 aromatic rings. The summed E-state index contributed by atoms with van der Waals surface area (Å²) in [4.78, 5) is 0. The van der Waals surface area contributed by atoms with Crippen molar-refractivity contribution in [2.24, 2.45) is 0 Å². The molecule has 0 amide bonds. The zero-order chi connectivity index (χ0) is 15.7. The fourth-order valence-electron chi connectivity index (χ4n) is 1.88. The molecule has 22 heavy (non-hydrogen) atoms. The van der Waals surface area contributed by atoms with Crippen LogP contribution in [0, 0.1) is 0 Å². The SMILES string of the molecule is CCCCCOCCOCCOCCOCc1ccccc1. The van der Waals surface area contributed by atoms with Gasteiger partial charge in [0.25, 0.3) is 0 Å². The minimum atomic E-state index is 0.601. The van der Waals surface area contributed by atoms with Crippen molar-refractivity contribution < 1.29 is 18.9 Å². The van der Waals surface area contributed by atoms with Gasteiger partial charge < -0.3 is 18.9 Å². The van der Waals surface area contributed by atoms with Gasteiger partial charge >= 0.3 is 0 Å². The van der Waals surface area contributed by atoms with Gasteiger partial charge in [-0.05, 0) is 12.0 Å². The first kappa shape index (κ1) is 19.1. The van der Waals surface area contributed by atoms with Gasteiger partial charge in [-0.15, -0.1) is 0 Å². The molecule has 0 fully saturated rings. The maximum Gasteiger partial charge on any atom is 0.0718 e. The minimum Gasteiger partial charge on any atom is -0.379 e. The maximum absolute atomic E-state index is 5.53. The van der Waals surface area contributed by atoms with Crippen LogP contribution in [-0.4, -0.2) is 46.2 Å². The molecular weight excluding hydrogens is 280 g/mol. The fraction of sp³-hybridized carbons (Fsp3) is 0.667. The van der Waals surface area contributed by atoms with Crippen LogP contribution in [0.2, 0.25) is 0 Å². The van der Waals surface area contributed by atoms with Crippen molar-refractivity contribution in [1.29, 1.82) is 0 Å². The summed E-state index contributed by atoms with van der Waals surface area (Å²) in [6, 6.07) is 10.1. The summed E-state index contributed by atoms with van der Waals surface area (Å²) < 4.78 is 21.8. The zero-order valence-electron chi connectivity index (χ0n) is 13.8. The second kappa shape index (κ2) is 15.0. The molecule has 0 aromatic heterocycles. The van der Waals surface area contributed by atoms with Gasteiger partial charge in [0, 0.05) is 6.61 Å². The lowest BCUT2D eigenvalue weighted by atomic mass is 10.2. The number of hydrogen-bond acceptors (Lipinski definition) is 4. The van der Waals surface area contributed by atoms with E-state index in [-0.39, 0.29) is 0 Å². The van der Waals surface area contributed by atoms with E-state index in [1.165, 1.54) is 18.4 Å². The molecule has 1 rings (SSSR count). The first-order valence-corrected chi connectivity index (χ1v) is 8.28. The highest BCUT2D eigenvalue weighted by Crippen LogP contribution is 2.00. The van der Waals surface area contributed by atoms with E-state index in [1.807, 2.05) is 18.2 Å². The molecule has 4 nitrogen and oxygen atoms in total. The van der Waals surface area contributed by atoms with Crippen molar-refractivity contribution >= 4 is 0 Å². The predicted molar refractivity (Wildman–Crippen MR) is 88.1 cm³/mol. The van der Waals surface area contributed by atoms with Gasteiger partial charge in [0.2, 0.25) is 0 Å². The Balaban J connectivity index is 1.73. The van der Waals surface area contributed by atoms with Crippen molar-refractivity contribution in [3.05, 3.63) is 35.9 Å². The Morgan fingerprint density at radius 3 is 1.77 bits per heavy atom. The smallest absolute Gasteiger partial charge is 0.0718 e. The molecule has 4 heteroatoms. The lowest BCUT2D eigenvalue weighted by Crippen LogP contribution is -2.12. The summed E-state index contributed by atoms with van der Waals surface area (Å²) in [5, 5.41) is 0. The third-order valence-corrected chi connectivity index (χ3v) is 3.12. The zero-order valence-corrected chi connectivity index (χ0v) is 13.8. The Kier molecular flexibility index (Phi) is 13.0. The van der Waals surface area contributed by atoms with Gasteiger partial charge in [-0.3, -0.25) is 0 Å². The summed E-state index contributed by atoms with van der Waals surface area (Å²) in [7, 11) is 0. The normalized spacial score (nSPS) is 11.0. The Morgan fingerprint density at radius 1 is 0.636 bits per heavy atom. The topological polar surface area (TPSA) is 36.9 Å². The quantitative estimate of drug-likeness (QED) is 0.465. The number of unbranched alkanes of at least 4 members (excludes halogenated alkanes) is 2. The molecule has 0 aliphatic heterocycles. The van der Waals surface area contributed by atoms with Crippen LogP contribution >= 0.6 is 0 Å². The van der Waals surface area contributed by atoms with E-state index in [4.69, 9.17) is 18.9 Å². The van der Waals surface area contributed by atoms with E-state index in [9.17, 15) is 0 Å². The molecular formula is C18H30O4. The minimum absolute atomic E-state index is 0.601. The molecule has 0 aliphatic carbocycles. The van der Waals surface area contributed by atoms with Crippen molar-refractivity contribution in [2.75, 3.05) is 46.2 Å². The summed E-state index contributed by atoms with van der Waals surface area (Å²) in [5.74, 6) is 0. The third kappa shape index (κ3) is 11.7. The van der Waals surface area contributed by atoms with Crippen LogP contribution in [-0.2, 0) is 25.6 Å². The monoisotopic (exact) mass is 310 g/mol. The number of rotatable bonds is 15. The van der Waals surface area contributed by atoms with Crippen LogP contribution in [0.3, 0.4) is 0 Å². The van der Waals surface area contributed by atoms with Crippen LogP contribution in [0.15, 0.2) is 30.3 Å². The van der Waals surface area contributed by atoms with E-state index in [1.54, 1.807) is 0 Å². The van der Waals surface area contributed by atoms with Crippen LogP contribution in [0.5, 0.6) is 0 Å². The number of ether oxygens (including phenoxy) is 4. The van der Waals surface area contributed by atoms with Crippen molar-refractivity contribution in [1.82, 2.24) is 0 Å². The molecule has 0 N–H and O–H groups in total. The summed E-state index contributed by atoms with van der Waals surface area (Å²) in [6.45, 7) is 7.39. The maximum atomic E-state index is 5.53. The highest BCUT2D eigenvalue weighted by Gasteiger charge is 1.94. The van der Waals surface area contributed by atoms with Crippen LogP contribution in [0.1, 0.15) is 31.7 Å². The average Bonchev–Trinajstić information content (AvgIpc) is 2.56. The lowest BCUT2D eigenvalue weighted by molar-refractivity contribution is -0.00437. The van der Waals surface area contributed by atoms with Gasteiger partial charge in [-0.1, -0.05) is 50.1 Å². The summed E-state index contributed by atoms with van der Waals surface area (Å²) in [6.07, 6.45) is 3.61. The van der Waals surface area contributed by atoms with E-state index in [0.717, 1.165) is 13.0 Å². The van der Waals surface area contributed by atoms with Crippen molar-refractivity contribution in [3.63, 3.8) is 0 Å². The van der Waals surface area contributed by atoms with Gasteiger partial charge in [0.1, 0.15) is 0 Å². The largest absolute Gasteiger partial charge is 0.379 e. The molecule has 0 aliphatic rings. The Hall–Kier alpha value is -0.940. The van der Waals surface area contributed by atoms with Crippen molar-refractivity contribution in [2.45, 2.75) is 32.8 Å². The van der Waals surface area contributed by atoms with E-state index >= 15 is 0 Å². The molecule has 0 bridgehead atoms. The standard InChI is InChI=1S/C18H30O4/c1-2-3-7-10-19-11-12-20-13-14-21-15-16-22-17-18-8-5-4-6-9-18/h4-6,8-9H,2-3,7,10-17H2,1H3. The summed E-state index contributed by atoms with van der Waals surface area (Å²) in [5.41, 5.74) is 1.18. The highest BCUT2D eigenvalue weighted by molar-refractivity contribution is 5.13. The van der Waals surface area contributed by atoms with Gasteiger partial charge in [0.05, 0.1) is 46.2 Å². The Bertz CT molecular complexity index is 329. The molecule has 0 spiro atoms. The predicted octanol–water partition coefficient (Wildman–Crippen LogP) is 3.44. The van der Waals surface area contributed by atoms with E-state index < -0.39 is 0 Å². The second-order valence-electron chi connectivity index (χ2n) is 5.08. The van der Waals surface area contributed by atoms with Crippen LogP contribution in [0.25, 0.3) is 0 Å². The molecule has 0 radical (unpaired) electrons. The number of benzene rings is 1. The van der Waals surface area contributed by atoms with Crippen molar-refractivity contribution in [3.8, 4) is 0 Å². The van der Waals surface area contributed by atoms with E-state index in [0.29, 0.717) is 46.2 Å².